The van der Waals surface area contributed by atoms with E-state index in [-0.39, 0.29) is 12.1 Å². The molecule has 2 atom stereocenters. The molecular formula is C13H18N2O4S. The summed E-state index contributed by atoms with van der Waals surface area (Å²) >= 11 is 1.56. The molecule has 1 fully saturated rings. The third kappa shape index (κ3) is 3.69. The van der Waals surface area contributed by atoms with E-state index in [4.69, 9.17) is 9.52 Å². The maximum absolute atomic E-state index is 12.2. The van der Waals surface area contributed by atoms with Gasteiger partial charge < -0.3 is 19.7 Å². The summed E-state index contributed by atoms with van der Waals surface area (Å²) in [4.78, 5) is 24.7. The number of thioether (sulfide) groups is 1. The number of carbonyl (C=O) groups is 2. The SMILES string of the molecule is CC(Cc1ccco1)NC(=O)N1CCSCC1C(=O)O. The number of carbonyl (C=O) groups excluding carboxylic acids is 1. The molecule has 110 valence electrons. The highest BCUT2D eigenvalue weighted by Crippen LogP contribution is 2.17. The lowest BCUT2D eigenvalue weighted by atomic mass is 10.2. The number of aliphatic carboxylic acids is 1. The van der Waals surface area contributed by atoms with E-state index >= 15 is 0 Å². The van der Waals surface area contributed by atoms with Gasteiger partial charge in [-0.25, -0.2) is 9.59 Å². The van der Waals surface area contributed by atoms with Gasteiger partial charge in [0.1, 0.15) is 11.8 Å². The quantitative estimate of drug-likeness (QED) is 0.878. The molecule has 0 radical (unpaired) electrons. The van der Waals surface area contributed by atoms with Crippen molar-refractivity contribution in [3.63, 3.8) is 0 Å². The molecule has 2 rings (SSSR count). The molecule has 1 aliphatic heterocycles. The van der Waals surface area contributed by atoms with Crippen LogP contribution in [0.1, 0.15) is 12.7 Å². The summed E-state index contributed by atoms with van der Waals surface area (Å²) in [5.74, 6) is 1.05. The number of nitrogens with zero attached hydrogens (tertiary/aromatic N) is 1. The van der Waals surface area contributed by atoms with Crippen LogP contribution in [0.5, 0.6) is 0 Å². The Hall–Kier alpha value is -1.63. The van der Waals surface area contributed by atoms with Gasteiger partial charge in [0.05, 0.1) is 6.26 Å². The normalized spacial score (nSPS) is 20.4. The fraction of sp³-hybridized carbons (Fsp3) is 0.538. The molecule has 0 saturated carbocycles. The summed E-state index contributed by atoms with van der Waals surface area (Å²) < 4.78 is 5.23. The first-order valence-corrected chi connectivity index (χ1v) is 7.63. The molecule has 0 bridgehead atoms. The number of hydrogen-bond donors (Lipinski definition) is 2. The van der Waals surface area contributed by atoms with Gasteiger partial charge in [-0.3, -0.25) is 0 Å². The molecule has 1 aliphatic rings. The number of urea groups is 1. The predicted octanol–water partition coefficient (Wildman–Crippen LogP) is 1.42. The number of hydrogen-bond acceptors (Lipinski definition) is 4. The van der Waals surface area contributed by atoms with Gasteiger partial charge in [0.25, 0.3) is 0 Å². The number of rotatable bonds is 4. The topological polar surface area (TPSA) is 82.8 Å². The Morgan fingerprint density at radius 2 is 2.45 bits per heavy atom. The molecule has 0 aliphatic carbocycles. The number of carboxylic acids is 1. The van der Waals surface area contributed by atoms with Crippen molar-refractivity contribution in [2.24, 2.45) is 0 Å². The molecule has 0 aromatic carbocycles. The summed E-state index contributed by atoms with van der Waals surface area (Å²) in [6.45, 7) is 2.33. The van der Waals surface area contributed by atoms with Crippen molar-refractivity contribution in [3.05, 3.63) is 24.2 Å². The van der Waals surface area contributed by atoms with E-state index in [0.29, 0.717) is 18.7 Å². The third-order valence-corrected chi connectivity index (χ3v) is 4.15. The van der Waals surface area contributed by atoms with Crippen molar-refractivity contribution in [2.45, 2.75) is 25.4 Å². The Kier molecular flexibility index (Phi) is 4.94. The van der Waals surface area contributed by atoms with Crippen molar-refractivity contribution in [2.75, 3.05) is 18.1 Å². The van der Waals surface area contributed by atoms with E-state index < -0.39 is 12.0 Å². The molecule has 6 nitrogen and oxygen atoms in total. The first kappa shape index (κ1) is 14.8. The molecule has 1 saturated heterocycles. The largest absolute Gasteiger partial charge is 0.480 e. The lowest BCUT2D eigenvalue weighted by molar-refractivity contribution is -0.141. The van der Waals surface area contributed by atoms with Gasteiger partial charge in [-0.05, 0) is 19.1 Å². The molecule has 2 heterocycles. The van der Waals surface area contributed by atoms with Crippen LogP contribution in [0.25, 0.3) is 0 Å². The molecule has 2 amide bonds. The first-order valence-electron chi connectivity index (χ1n) is 6.48. The Balaban J connectivity index is 1.90. The van der Waals surface area contributed by atoms with Crippen LogP contribution in [-0.4, -0.2) is 52.1 Å². The fourth-order valence-electron chi connectivity index (χ4n) is 2.13. The van der Waals surface area contributed by atoms with Crippen molar-refractivity contribution in [1.29, 1.82) is 0 Å². The molecule has 1 aromatic heterocycles. The summed E-state index contributed by atoms with van der Waals surface area (Å²) in [6.07, 6.45) is 2.17. The lowest BCUT2D eigenvalue weighted by Crippen LogP contribution is -2.55. The standard InChI is InChI=1S/C13H18N2O4S/c1-9(7-10-3-2-5-19-10)14-13(18)15-4-6-20-8-11(15)12(16)17/h2-3,5,9,11H,4,6-8H2,1H3,(H,14,18)(H,16,17). The second kappa shape index (κ2) is 6.69. The highest BCUT2D eigenvalue weighted by molar-refractivity contribution is 7.99. The summed E-state index contributed by atoms with van der Waals surface area (Å²) in [5, 5.41) is 12.0. The Labute approximate surface area is 121 Å². The molecule has 20 heavy (non-hydrogen) atoms. The van der Waals surface area contributed by atoms with E-state index in [9.17, 15) is 9.59 Å². The van der Waals surface area contributed by atoms with E-state index in [0.717, 1.165) is 11.5 Å². The second-order valence-corrected chi connectivity index (χ2v) is 5.91. The summed E-state index contributed by atoms with van der Waals surface area (Å²) in [5.41, 5.74) is 0. The minimum atomic E-state index is -0.953. The minimum Gasteiger partial charge on any atom is -0.480 e. The minimum absolute atomic E-state index is 0.113. The van der Waals surface area contributed by atoms with Gasteiger partial charge in [-0.2, -0.15) is 11.8 Å². The van der Waals surface area contributed by atoms with Crippen molar-refractivity contribution >= 4 is 23.8 Å². The van der Waals surface area contributed by atoms with Crippen LogP contribution in [0, 0.1) is 0 Å². The van der Waals surface area contributed by atoms with Crippen LogP contribution in [0.4, 0.5) is 4.79 Å². The van der Waals surface area contributed by atoms with Gasteiger partial charge in [0, 0.05) is 30.5 Å². The zero-order valence-corrected chi connectivity index (χ0v) is 12.1. The number of amides is 2. The van der Waals surface area contributed by atoms with E-state index in [1.807, 2.05) is 13.0 Å². The zero-order valence-electron chi connectivity index (χ0n) is 11.2. The maximum Gasteiger partial charge on any atom is 0.327 e. The monoisotopic (exact) mass is 298 g/mol. The Bertz CT molecular complexity index is 463. The van der Waals surface area contributed by atoms with Crippen LogP contribution in [-0.2, 0) is 11.2 Å². The van der Waals surface area contributed by atoms with Gasteiger partial charge in [-0.15, -0.1) is 0 Å². The Morgan fingerprint density at radius 1 is 1.65 bits per heavy atom. The number of furan rings is 1. The number of nitrogens with one attached hydrogen (secondary N) is 1. The van der Waals surface area contributed by atoms with Crippen molar-refractivity contribution in [1.82, 2.24) is 10.2 Å². The van der Waals surface area contributed by atoms with Crippen LogP contribution < -0.4 is 5.32 Å². The van der Waals surface area contributed by atoms with Gasteiger partial charge in [-0.1, -0.05) is 0 Å². The molecule has 7 heteroatoms. The number of carboxylic acid groups (broad SMARTS) is 1. The first-order chi connectivity index (χ1) is 9.58. The average Bonchev–Trinajstić information content (AvgIpc) is 2.91. The molecular weight excluding hydrogens is 280 g/mol. The van der Waals surface area contributed by atoms with Crippen LogP contribution in [0.2, 0.25) is 0 Å². The predicted molar refractivity (Wildman–Crippen MR) is 75.9 cm³/mol. The second-order valence-electron chi connectivity index (χ2n) is 4.76. The van der Waals surface area contributed by atoms with Crippen LogP contribution in [0.3, 0.4) is 0 Å². The highest BCUT2D eigenvalue weighted by atomic mass is 32.2. The Morgan fingerprint density at radius 3 is 3.10 bits per heavy atom. The van der Waals surface area contributed by atoms with Crippen molar-refractivity contribution in [3.8, 4) is 0 Å². The average molecular weight is 298 g/mol. The highest BCUT2D eigenvalue weighted by Gasteiger charge is 2.32. The summed E-state index contributed by atoms with van der Waals surface area (Å²) in [7, 11) is 0. The van der Waals surface area contributed by atoms with Crippen molar-refractivity contribution < 1.29 is 19.1 Å². The van der Waals surface area contributed by atoms with Gasteiger partial charge in [0.15, 0.2) is 0 Å². The van der Waals surface area contributed by atoms with Crippen LogP contribution >= 0.6 is 11.8 Å². The third-order valence-electron chi connectivity index (χ3n) is 3.13. The van der Waals surface area contributed by atoms with E-state index in [2.05, 4.69) is 5.32 Å². The smallest absolute Gasteiger partial charge is 0.327 e. The van der Waals surface area contributed by atoms with Gasteiger partial charge >= 0.3 is 12.0 Å². The van der Waals surface area contributed by atoms with E-state index in [1.54, 1.807) is 24.1 Å². The molecule has 1 aromatic rings. The maximum atomic E-state index is 12.2. The zero-order chi connectivity index (χ0) is 14.5. The molecule has 0 spiro atoms. The van der Waals surface area contributed by atoms with Crippen LogP contribution in [0.15, 0.2) is 22.8 Å². The lowest BCUT2D eigenvalue weighted by Gasteiger charge is -2.33. The molecule has 2 N–H and O–H groups in total. The fourth-order valence-corrected chi connectivity index (χ4v) is 3.16. The molecule has 2 unspecified atom stereocenters. The van der Waals surface area contributed by atoms with E-state index in [1.165, 1.54) is 4.90 Å². The summed E-state index contributed by atoms with van der Waals surface area (Å²) in [6, 6.07) is 2.46. The van der Waals surface area contributed by atoms with Gasteiger partial charge in [0.2, 0.25) is 0 Å².